The fourth-order valence-electron chi connectivity index (χ4n) is 2.75. The van der Waals surface area contributed by atoms with Gasteiger partial charge in [-0.25, -0.2) is 8.42 Å². The Labute approximate surface area is 108 Å². The first-order valence-electron chi connectivity index (χ1n) is 6.24. The molecule has 1 heterocycles. The lowest BCUT2D eigenvalue weighted by Crippen LogP contribution is -2.47. The van der Waals surface area contributed by atoms with Gasteiger partial charge in [-0.15, -0.1) is 0 Å². The van der Waals surface area contributed by atoms with Crippen molar-refractivity contribution in [1.29, 1.82) is 0 Å². The molecule has 0 fully saturated rings. The minimum atomic E-state index is -3.17. The molecular weight excluding hydrogens is 250 g/mol. The van der Waals surface area contributed by atoms with Crippen LogP contribution in [0.2, 0.25) is 0 Å². The average Bonchev–Trinajstić information content (AvgIpc) is 2.36. The maximum Gasteiger partial charge on any atom is 0.178 e. The van der Waals surface area contributed by atoms with E-state index in [-0.39, 0.29) is 12.4 Å². The van der Waals surface area contributed by atoms with Crippen molar-refractivity contribution in [3.8, 4) is 0 Å². The summed E-state index contributed by atoms with van der Waals surface area (Å²) in [7, 11) is -3.17. The lowest BCUT2D eigenvalue weighted by Gasteiger charge is -2.39. The molecule has 18 heavy (non-hydrogen) atoms. The molecule has 4 nitrogen and oxygen atoms in total. The number of aliphatic hydroxyl groups excluding tert-OH is 1. The van der Waals surface area contributed by atoms with Gasteiger partial charge in [-0.2, -0.15) is 0 Å². The van der Waals surface area contributed by atoms with Gasteiger partial charge in [0, 0.05) is 12.1 Å². The van der Waals surface area contributed by atoms with E-state index in [1.165, 1.54) is 0 Å². The van der Waals surface area contributed by atoms with Crippen LogP contribution >= 0.6 is 0 Å². The van der Waals surface area contributed by atoms with Crippen molar-refractivity contribution in [1.82, 2.24) is 5.32 Å². The van der Waals surface area contributed by atoms with E-state index >= 15 is 0 Å². The van der Waals surface area contributed by atoms with Gasteiger partial charge in [0.2, 0.25) is 0 Å². The largest absolute Gasteiger partial charge is 0.396 e. The molecule has 0 aliphatic carbocycles. The first-order chi connectivity index (χ1) is 8.56. The Bertz CT molecular complexity index is 519. The molecule has 0 amide bonds. The van der Waals surface area contributed by atoms with Gasteiger partial charge in [-0.3, -0.25) is 0 Å². The molecule has 1 aromatic carbocycles. The Hall–Kier alpha value is -0.910. The maximum atomic E-state index is 12.1. The molecule has 0 aromatic heterocycles. The molecule has 0 saturated heterocycles. The molecule has 1 aromatic rings. The van der Waals surface area contributed by atoms with Gasteiger partial charge in [0.25, 0.3) is 0 Å². The van der Waals surface area contributed by atoms with Crippen LogP contribution in [0.4, 0.5) is 0 Å². The highest BCUT2D eigenvalue weighted by atomic mass is 32.2. The minimum absolute atomic E-state index is 0.0430. The second kappa shape index (κ2) is 4.99. The van der Waals surface area contributed by atoms with Gasteiger partial charge < -0.3 is 10.4 Å². The summed E-state index contributed by atoms with van der Waals surface area (Å²) in [6.45, 7) is 2.78. The van der Waals surface area contributed by atoms with Gasteiger partial charge in [0.1, 0.15) is 0 Å². The van der Waals surface area contributed by atoms with E-state index in [4.69, 9.17) is 0 Å². The Kier molecular flexibility index (Phi) is 3.75. The number of sulfone groups is 1. The second-order valence-corrected chi connectivity index (χ2v) is 6.73. The summed E-state index contributed by atoms with van der Waals surface area (Å²) in [6, 6.07) is 7.11. The third kappa shape index (κ3) is 2.18. The zero-order chi connectivity index (χ0) is 13.2. The summed E-state index contributed by atoms with van der Waals surface area (Å²) in [5.74, 6) is 0.136. The standard InChI is InChI=1S/C13H19NO3S/c1-2-14-13(7-9-15)8-10-18(16,17)12-6-4-3-5-11(12)13/h3-6,14-15H,2,7-10H2,1H3. The zero-order valence-electron chi connectivity index (χ0n) is 10.5. The van der Waals surface area contributed by atoms with E-state index in [9.17, 15) is 13.5 Å². The fourth-order valence-corrected chi connectivity index (χ4v) is 4.47. The molecule has 1 unspecified atom stereocenters. The van der Waals surface area contributed by atoms with Crippen molar-refractivity contribution in [3.63, 3.8) is 0 Å². The van der Waals surface area contributed by atoms with Crippen molar-refractivity contribution in [2.45, 2.75) is 30.2 Å². The third-order valence-corrected chi connectivity index (χ3v) is 5.36. The average molecular weight is 269 g/mol. The van der Waals surface area contributed by atoms with Gasteiger partial charge in [0.15, 0.2) is 9.84 Å². The quantitative estimate of drug-likeness (QED) is 0.857. The molecule has 1 atom stereocenters. The summed E-state index contributed by atoms with van der Waals surface area (Å²) >= 11 is 0. The normalized spacial score (nSPS) is 25.7. The molecule has 2 rings (SSSR count). The first-order valence-corrected chi connectivity index (χ1v) is 7.89. The SMILES string of the molecule is CCNC1(CCO)CCS(=O)(=O)c2ccccc21. The van der Waals surface area contributed by atoms with Gasteiger partial charge in [0.05, 0.1) is 10.6 Å². The lowest BCUT2D eigenvalue weighted by atomic mass is 9.83. The summed E-state index contributed by atoms with van der Waals surface area (Å²) in [6.07, 6.45) is 1.05. The number of hydrogen-bond acceptors (Lipinski definition) is 4. The Morgan fingerprint density at radius 2 is 2.11 bits per heavy atom. The van der Waals surface area contributed by atoms with Gasteiger partial charge >= 0.3 is 0 Å². The minimum Gasteiger partial charge on any atom is -0.396 e. The fraction of sp³-hybridized carbons (Fsp3) is 0.538. The van der Waals surface area contributed by atoms with Crippen LogP contribution < -0.4 is 5.32 Å². The van der Waals surface area contributed by atoms with E-state index in [1.54, 1.807) is 12.1 Å². The van der Waals surface area contributed by atoms with Crippen LogP contribution in [-0.4, -0.2) is 32.4 Å². The molecule has 1 aliphatic rings. The van der Waals surface area contributed by atoms with E-state index in [1.807, 2.05) is 19.1 Å². The van der Waals surface area contributed by atoms with Gasteiger partial charge in [-0.05, 0) is 31.0 Å². The molecule has 5 heteroatoms. The van der Waals surface area contributed by atoms with Crippen LogP contribution in [0.5, 0.6) is 0 Å². The smallest absolute Gasteiger partial charge is 0.178 e. The second-order valence-electron chi connectivity index (χ2n) is 4.65. The van der Waals surface area contributed by atoms with Crippen molar-refractivity contribution in [3.05, 3.63) is 29.8 Å². The molecule has 0 bridgehead atoms. The third-order valence-electron chi connectivity index (χ3n) is 3.59. The number of nitrogens with one attached hydrogen (secondary N) is 1. The van der Waals surface area contributed by atoms with Crippen LogP contribution in [-0.2, 0) is 15.4 Å². The molecular formula is C13H19NO3S. The summed E-state index contributed by atoms with van der Waals surface area (Å²) in [5.41, 5.74) is 0.387. The van der Waals surface area contributed by atoms with E-state index in [0.717, 1.165) is 12.1 Å². The number of fused-ring (bicyclic) bond motifs is 1. The topological polar surface area (TPSA) is 66.4 Å². The Morgan fingerprint density at radius 1 is 1.39 bits per heavy atom. The predicted molar refractivity (Wildman–Crippen MR) is 70.2 cm³/mol. The van der Waals surface area contributed by atoms with E-state index in [2.05, 4.69) is 5.32 Å². The zero-order valence-corrected chi connectivity index (χ0v) is 11.3. The number of benzene rings is 1. The van der Waals surface area contributed by atoms with Crippen LogP contribution in [0, 0.1) is 0 Å². The summed E-state index contributed by atoms with van der Waals surface area (Å²) in [5, 5.41) is 12.6. The van der Waals surface area contributed by atoms with Crippen molar-refractivity contribution < 1.29 is 13.5 Å². The molecule has 100 valence electrons. The number of aliphatic hydroxyl groups is 1. The van der Waals surface area contributed by atoms with Crippen LogP contribution in [0.25, 0.3) is 0 Å². The highest BCUT2D eigenvalue weighted by Crippen LogP contribution is 2.38. The highest BCUT2D eigenvalue weighted by molar-refractivity contribution is 7.91. The highest BCUT2D eigenvalue weighted by Gasteiger charge is 2.40. The first kappa shape index (κ1) is 13.5. The molecule has 1 aliphatic heterocycles. The Balaban J connectivity index is 2.58. The van der Waals surface area contributed by atoms with Crippen molar-refractivity contribution in [2.24, 2.45) is 0 Å². The molecule has 0 saturated carbocycles. The van der Waals surface area contributed by atoms with Gasteiger partial charge in [-0.1, -0.05) is 25.1 Å². The maximum absolute atomic E-state index is 12.1. The monoisotopic (exact) mass is 269 g/mol. The Morgan fingerprint density at radius 3 is 2.78 bits per heavy atom. The van der Waals surface area contributed by atoms with Crippen molar-refractivity contribution >= 4 is 9.84 Å². The lowest BCUT2D eigenvalue weighted by molar-refractivity contribution is 0.201. The molecule has 2 N–H and O–H groups in total. The predicted octanol–water partition coefficient (Wildman–Crippen LogP) is 1.05. The van der Waals surface area contributed by atoms with Crippen LogP contribution in [0.15, 0.2) is 29.2 Å². The number of hydrogen-bond donors (Lipinski definition) is 2. The van der Waals surface area contributed by atoms with E-state index < -0.39 is 15.4 Å². The summed E-state index contributed by atoms with van der Waals surface area (Å²) < 4.78 is 24.2. The molecule has 0 spiro atoms. The van der Waals surface area contributed by atoms with Crippen molar-refractivity contribution in [2.75, 3.05) is 18.9 Å². The summed E-state index contributed by atoms with van der Waals surface area (Å²) in [4.78, 5) is 0.408. The van der Waals surface area contributed by atoms with Crippen LogP contribution in [0.1, 0.15) is 25.3 Å². The van der Waals surface area contributed by atoms with Crippen LogP contribution in [0.3, 0.4) is 0 Å². The number of rotatable bonds is 4. The van der Waals surface area contributed by atoms with E-state index in [0.29, 0.717) is 17.7 Å². The molecule has 0 radical (unpaired) electrons.